The van der Waals surface area contributed by atoms with Gasteiger partial charge in [0.2, 0.25) is 0 Å². The molecule has 1 aromatic carbocycles. The molecule has 1 aliphatic rings. The molecule has 1 fully saturated rings. The fraction of sp³-hybridized carbons (Fsp3) is 0.316. The minimum absolute atomic E-state index is 0.0522. The van der Waals surface area contributed by atoms with Crippen molar-refractivity contribution in [1.29, 1.82) is 0 Å². The fourth-order valence-corrected chi connectivity index (χ4v) is 5.00. The molecule has 142 valence electrons. The maximum absolute atomic E-state index is 13.6. The Morgan fingerprint density at radius 2 is 2.19 bits per heavy atom. The highest BCUT2D eigenvalue weighted by molar-refractivity contribution is 9.10. The van der Waals surface area contributed by atoms with E-state index in [1.165, 1.54) is 17.4 Å². The molecule has 0 saturated carbocycles. The molecular weight excluding hydrogens is 438 g/mol. The Balaban J connectivity index is 1.64. The first-order valence-corrected chi connectivity index (χ1v) is 10.3. The third-order valence-corrected chi connectivity index (χ3v) is 6.48. The van der Waals surface area contributed by atoms with Gasteiger partial charge in [-0.05, 0) is 52.5 Å². The van der Waals surface area contributed by atoms with E-state index in [1.807, 2.05) is 16.0 Å². The van der Waals surface area contributed by atoms with Crippen molar-refractivity contribution in [2.75, 3.05) is 13.2 Å². The van der Waals surface area contributed by atoms with Crippen LogP contribution >= 0.6 is 27.3 Å². The van der Waals surface area contributed by atoms with Crippen LogP contribution < -0.4 is 5.32 Å². The topological polar surface area (TPSA) is 43.3 Å². The van der Waals surface area contributed by atoms with Gasteiger partial charge in [-0.15, -0.1) is 11.3 Å². The smallest absolute Gasteiger partial charge is 0.268 e. The molecule has 0 unspecified atom stereocenters. The predicted molar refractivity (Wildman–Crippen MR) is 104 cm³/mol. The van der Waals surface area contributed by atoms with Gasteiger partial charge >= 0.3 is 0 Å². The molecule has 8 heteroatoms. The van der Waals surface area contributed by atoms with Gasteiger partial charge in [0.25, 0.3) is 5.91 Å². The Bertz CT molecular complexity index is 995. The van der Waals surface area contributed by atoms with Gasteiger partial charge in [0.15, 0.2) is 11.6 Å². The highest BCUT2D eigenvalue weighted by Crippen LogP contribution is 2.34. The molecule has 0 spiro atoms. The van der Waals surface area contributed by atoms with Gasteiger partial charge in [-0.3, -0.25) is 4.79 Å². The number of thiophene rings is 1. The molecule has 2 aromatic heterocycles. The first-order chi connectivity index (χ1) is 13.0. The Labute approximate surface area is 167 Å². The Kier molecular flexibility index (Phi) is 5.29. The Hall–Kier alpha value is -1.77. The summed E-state index contributed by atoms with van der Waals surface area (Å²) in [6, 6.07) is 5.62. The lowest BCUT2D eigenvalue weighted by Gasteiger charge is -2.14. The van der Waals surface area contributed by atoms with Gasteiger partial charge in [-0.2, -0.15) is 0 Å². The van der Waals surface area contributed by atoms with Gasteiger partial charge in [0.1, 0.15) is 5.69 Å². The van der Waals surface area contributed by atoms with Gasteiger partial charge in [-0.25, -0.2) is 8.78 Å². The molecule has 1 N–H and O–H groups in total. The molecule has 0 bridgehead atoms. The summed E-state index contributed by atoms with van der Waals surface area (Å²) in [4.78, 5) is 12.8. The van der Waals surface area contributed by atoms with Gasteiger partial charge in [0.05, 0.1) is 20.8 Å². The maximum Gasteiger partial charge on any atom is 0.268 e. The molecule has 3 aromatic rings. The lowest BCUT2D eigenvalue weighted by molar-refractivity contribution is 0.0851. The molecule has 0 aliphatic carbocycles. The molecule has 1 aliphatic heterocycles. The van der Waals surface area contributed by atoms with Crippen molar-refractivity contribution < 1.29 is 18.3 Å². The second-order valence-electron chi connectivity index (χ2n) is 6.51. The lowest BCUT2D eigenvalue weighted by Crippen LogP contribution is -2.33. The minimum Gasteiger partial charge on any atom is -0.376 e. The summed E-state index contributed by atoms with van der Waals surface area (Å²) >= 11 is 5.04. The van der Waals surface area contributed by atoms with Crippen LogP contribution in [0.2, 0.25) is 0 Å². The van der Waals surface area contributed by atoms with Crippen LogP contribution in [0.4, 0.5) is 8.78 Å². The first-order valence-electron chi connectivity index (χ1n) is 8.63. The molecule has 1 saturated heterocycles. The molecule has 1 amide bonds. The van der Waals surface area contributed by atoms with E-state index < -0.39 is 11.6 Å². The highest BCUT2D eigenvalue weighted by Gasteiger charge is 2.21. The second kappa shape index (κ2) is 7.69. The molecule has 0 radical (unpaired) electrons. The van der Waals surface area contributed by atoms with Crippen molar-refractivity contribution in [2.24, 2.45) is 0 Å². The lowest BCUT2D eigenvalue weighted by atomic mass is 10.2. The number of nitrogens with zero attached hydrogens (tertiary/aromatic N) is 1. The van der Waals surface area contributed by atoms with E-state index in [0.29, 0.717) is 17.8 Å². The molecular formula is C19H17BrF2N2O2S. The number of halogens is 3. The average molecular weight is 455 g/mol. The molecule has 3 heterocycles. The van der Waals surface area contributed by atoms with Crippen LogP contribution in [0, 0.1) is 11.6 Å². The van der Waals surface area contributed by atoms with Crippen molar-refractivity contribution in [3.63, 3.8) is 0 Å². The zero-order chi connectivity index (χ0) is 19.0. The Morgan fingerprint density at radius 1 is 1.33 bits per heavy atom. The maximum atomic E-state index is 13.6. The fourth-order valence-electron chi connectivity index (χ4n) is 3.31. The van der Waals surface area contributed by atoms with E-state index in [1.54, 1.807) is 0 Å². The van der Waals surface area contributed by atoms with Crippen molar-refractivity contribution in [1.82, 2.24) is 9.88 Å². The number of nitrogens with one attached hydrogen (secondary N) is 1. The molecule has 4 nitrogen and oxygen atoms in total. The first kappa shape index (κ1) is 18.6. The Morgan fingerprint density at radius 3 is 2.93 bits per heavy atom. The monoisotopic (exact) mass is 454 g/mol. The summed E-state index contributed by atoms with van der Waals surface area (Å²) in [5.41, 5.74) is 1.94. The van der Waals surface area contributed by atoms with Crippen LogP contribution in [-0.2, 0) is 11.3 Å². The average Bonchev–Trinajstić information content (AvgIpc) is 3.36. The molecule has 1 atom stereocenters. The number of hydrogen-bond acceptors (Lipinski definition) is 3. The third kappa shape index (κ3) is 3.79. The van der Waals surface area contributed by atoms with E-state index in [4.69, 9.17) is 4.74 Å². The van der Waals surface area contributed by atoms with E-state index in [0.717, 1.165) is 46.3 Å². The number of rotatable bonds is 5. The van der Waals surface area contributed by atoms with Crippen molar-refractivity contribution >= 4 is 43.4 Å². The number of hydrogen-bond donors (Lipinski definition) is 1. The largest absolute Gasteiger partial charge is 0.376 e. The van der Waals surface area contributed by atoms with E-state index in [9.17, 15) is 13.6 Å². The number of fused-ring (bicyclic) bond motifs is 1. The zero-order valence-corrected chi connectivity index (χ0v) is 16.7. The number of carbonyl (C=O) groups is 1. The van der Waals surface area contributed by atoms with Crippen LogP contribution in [0.25, 0.3) is 10.2 Å². The van der Waals surface area contributed by atoms with E-state index >= 15 is 0 Å². The number of benzene rings is 1. The summed E-state index contributed by atoms with van der Waals surface area (Å²) in [7, 11) is 0. The summed E-state index contributed by atoms with van der Waals surface area (Å²) in [5, 5.41) is 4.87. The van der Waals surface area contributed by atoms with Crippen molar-refractivity contribution in [2.45, 2.75) is 25.5 Å². The third-order valence-electron chi connectivity index (χ3n) is 4.65. The van der Waals surface area contributed by atoms with Crippen LogP contribution in [0.5, 0.6) is 0 Å². The zero-order valence-electron chi connectivity index (χ0n) is 14.3. The van der Waals surface area contributed by atoms with Crippen LogP contribution in [0.1, 0.15) is 28.9 Å². The molecule has 27 heavy (non-hydrogen) atoms. The van der Waals surface area contributed by atoms with Gasteiger partial charge in [-0.1, -0.05) is 6.07 Å². The van der Waals surface area contributed by atoms with Crippen LogP contribution in [0.15, 0.2) is 34.1 Å². The second-order valence-corrected chi connectivity index (χ2v) is 8.27. The van der Waals surface area contributed by atoms with Crippen molar-refractivity contribution in [3.05, 3.63) is 57.0 Å². The summed E-state index contributed by atoms with van der Waals surface area (Å²) in [6.07, 6.45) is 2.00. The predicted octanol–water partition coefficient (Wildman–Crippen LogP) is 4.70. The summed E-state index contributed by atoms with van der Waals surface area (Å²) < 4.78 is 36.0. The quantitative estimate of drug-likeness (QED) is 0.606. The minimum atomic E-state index is -0.898. The number of aromatic nitrogens is 1. The number of ether oxygens (including phenoxy) is 1. The van der Waals surface area contributed by atoms with E-state index in [2.05, 4.69) is 21.2 Å². The summed E-state index contributed by atoms with van der Waals surface area (Å²) in [5.74, 6) is -1.99. The SMILES string of the molecule is O=C(NC[C@H]1CCCO1)c1cc2scc(Br)c2n1Cc1ccc(F)c(F)c1. The number of amides is 1. The summed E-state index contributed by atoms with van der Waals surface area (Å²) in [6.45, 7) is 1.46. The van der Waals surface area contributed by atoms with Crippen LogP contribution in [-0.4, -0.2) is 29.7 Å². The van der Waals surface area contributed by atoms with Crippen LogP contribution in [0.3, 0.4) is 0 Å². The normalized spacial score (nSPS) is 16.9. The van der Waals surface area contributed by atoms with Gasteiger partial charge in [0, 0.05) is 25.1 Å². The van der Waals surface area contributed by atoms with Gasteiger partial charge < -0.3 is 14.6 Å². The highest BCUT2D eigenvalue weighted by atomic mass is 79.9. The number of carbonyl (C=O) groups excluding carboxylic acids is 1. The van der Waals surface area contributed by atoms with Crippen molar-refractivity contribution in [3.8, 4) is 0 Å². The van der Waals surface area contributed by atoms with E-state index in [-0.39, 0.29) is 18.6 Å². The molecule has 4 rings (SSSR count). The standard InChI is InChI=1S/C19H17BrF2N2O2S/c20-13-10-27-17-7-16(19(25)23-8-12-2-1-5-26-12)24(18(13)17)9-11-3-4-14(21)15(22)6-11/h3-4,6-7,10,12H,1-2,5,8-9H2,(H,23,25)/t12-/m1/s1.